The van der Waals surface area contributed by atoms with E-state index in [9.17, 15) is 8.42 Å². The van der Waals surface area contributed by atoms with Gasteiger partial charge in [0.1, 0.15) is 4.90 Å². The SMILES string of the molecule is Cc1c(S(=O)(=O)Nc2cc([C@H]3C[C@H]3C)[nH]n2)cnn1-c1ccccc1Cl. The Balaban J connectivity index is 1.62. The highest BCUT2D eigenvalue weighted by Crippen LogP contribution is 2.46. The molecule has 0 amide bonds. The van der Waals surface area contributed by atoms with Crippen LogP contribution in [0, 0.1) is 12.8 Å². The number of aromatic nitrogens is 4. The van der Waals surface area contributed by atoms with Crippen LogP contribution >= 0.6 is 11.6 Å². The van der Waals surface area contributed by atoms with Crippen molar-refractivity contribution >= 4 is 27.4 Å². The molecule has 26 heavy (non-hydrogen) atoms. The van der Waals surface area contributed by atoms with Crippen LogP contribution in [-0.4, -0.2) is 28.4 Å². The van der Waals surface area contributed by atoms with Gasteiger partial charge in [-0.25, -0.2) is 13.1 Å². The standard InChI is InChI=1S/C17H18ClN5O2S/c1-10-7-12(10)14-8-17(21-20-14)22-26(24,25)16-9-19-23(11(16)2)15-6-4-3-5-13(15)18/h3-6,8-10,12H,7H2,1-2H3,(H2,20,21,22)/t10-,12+/m1/s1. The molecule has 0 radical (unpaired) electrons. The Bertz CT molecular complexity index is 1070. The molecule has 0 unspecified atom stereocenters. The molecule has 2 atom stereocenters. The van der Waals surface area contributed by atoms with Crippen LogP contribution in [0.3, 0.4) is 0 Å². The number of para-hydroxylation sites is 1. The fraction of sp³-hybridized carbons (Fsp3) is 0.294. The summed E-state index contributed by atoms with van der Waals surface area (Å²) in [5, 5.41) is 11.7. The third-order valence-electron chi connectivity index (χ3n) is 4.68. The minimum atomic E-state index is -3.81. The van der Waals surface area contributed by atoms with Crippen molar-refractivity contribution in [1.82, 2.24) is 20.0 Å². The first kappa shape index (κ1) is 17.1. The highest BCUT2D eigenvalue weighted by atomic mass is 35.5. The quantitative estimate of drug-likeness (QED) is 0.696. The molecule has 2 aromatic heterocycles. The number of anilines is 1. The summed E-state index contributed by atoms with van der Waals surface area (Å²) in [7, 11) is -3.81. The Morgan fingerprint density at radius 3 is 2.77 bits per heavy atom. The molecular weight excluding hydrogens is 374 g/mol. The summed E-state index contributed by atoms with van der Waals surface area (Å²) in [6.07, 6.45) is 2.41. The van der Waals surface area contributed by atoms with Crippen LogP contribution in [0.25, 0.3) is 5.69 Å². The van der Waals surface area contributed by atoms with Gasteiger partial charge in [-0.1, -0.05) is 30.7 Å². The molecule has 3 aromatic rings. The van der Waals surface area contributed by atoms with E-state index >= 15 is 0 Å². The van der Waals surface area contributed by atoms with Crippen molar-refractivity contribution in [3.8, 4) is 5.69 Å². The monoisotopic (exact) mass is 391 g/mol. The zero-order valence-electron chi connectivity index (χ0n) is 14.3. The van der Waals surface area contributed by atoms with E-state index in [1.165, 1.54) is 10.9 Å². The van der Waals surface area contributed by atoms with Crippen LogP contribution in [0.15, 0.2) is 41.4 Å². The summed E-state index contributed by atoms with van der Waals surface area (Å²) < 4.78 is 29.5. The lowest BCUT2D eigenvalue weighted by atomic mass is 10.2. The van der Waals surface area contributed by atoms with Gasteiger partial charge in [0, 0.05) is 17.7 Å². The van der Waals surface area contributed by atoms with Crippen molar-refractivity contribution in [3.63, 3.8) is 0 Å². The first-order valence-electron chi connectivity index (χ1n) is 8.24. The van der Waals surface area contributed by atoms with Crippen molar-refractivity contribution in [3.05, 3.63) is 52.9 Å². The molecule has 1 aromatic carbocycles. The lowest BCUT2D eigenvalue weighted by molar-refractivity contribution is 0.600. The highest BCUT2D eigenvalue weighted by molar-refractivity contribution is 7.92. The number of rotatable bonds is 5. The second-order valence-electron chi connectivity index (χ2n) is 6.59. The zero-order valence-corrected chi connectivity index (χ0v) is 15.8. The second kappa shape index (κ2) is 6.14. The lowest BCUT2D eigenvalue weighted by Crippen LogP contribution is -2.14. The third-order valence-corrected chi connectivity index (χ3v) is 6.46. The van der Waals surface area contributed by atoms with Crippen LogP contribution < -0.4 is 4.72 Å². The van der Waals surface area contributed by atoms with Gasteiger partial charge < -0.3 is 0 Å². The van der Waals surface area contributed by atoms with E-state index < -0.39 is 10.0 Å². The van der Waals surface area contributed by atoms with Crippen molar-refractivity contribution in [2.45, 2.75) is 31.1 Å². The minimum Gasteiger partial charge on any atom is -0.280 e. The number of aromatic amines is 1. The van der Waals surface area contributed by atoms with E-state index in [-0.39, 0.29) is 10.7 Å². The van der Waals surface area contributed by atoms with Crippen molar-refractivity contribution < 1.29 is 8.42 Å². The largest absolute Gasteiger partial charge is 0.280 e. The lowest BCUT2D eigenvalue weighted by Gasteiger charge is -2.08. The smallest absolute Gasteiger partial charge is 0.266 e. The fourth-order valence-electron chi connectivity index (χ4n) is 3.05. The summed E-state index contributed by atoms with van der Waals surface area (Å²) in [6.45, 7) is 3.84. The molecule has 1 saturated carbocycles. The fourth-order valence-corrected chi connectivity index (χ4v) is 4.42. The van der Waals surface area contributed by atoms with E-state index in [1.807, 2.05) is 6.07 Å². The topological polar surface area (TPSA) is 92.7 Å². The maximum atomic E-state index is 12.8. The number of hydrogen-bond acceptors (Lipinski definition) is 4. The molecule has 136 valence electrons. The summed E-state index contributed by atoms with van der Waals surface area (Å²) in [5.74, 6) is 1.32. The molecule has 1 aliphatic carbocycles. The molecule has 1 fully saturated rings. The van der Waals surface area contributed by atoms with Gasteiger partial charge in [-0.05, 0) is 31.4 Å². The number of benzene rings is 1. The molecular formula is C17H18ClN5O2S. The number of H-pyrrole nitrogens is 1. The maximum Gasteiger partial charge on any atom is 0.266 e. The number of nitrogens with zero attached hydrogens (tertiary/aromatic N) is 3. The first-order valence-corrected chi connectivity index (χ1v) is 10.1. The van der Waals surface area contributed by atoms with Gasteiger partial charge in [-0.3, -0.25) is 9.82 Å². The van der Waals surface area contributed by atoms with E-state index in [1.54, 1.807) is 31.2 Å². The van der Waals surface area contributed by atoms with Gasteiger partial charge in [-0.15, -0.1) is 0 Å². The molecule has 7 nitrogen and oxygen atoms in total. The van der Waals surface area contributed by atoms with Crippen molar-refractivity contribution in [2.75, 3.05) is 4.72 Å². The number of halogens is 1. The molecule has 0 spiro atoms. The van der Waals surface area contributed by atoms with Crippen LogP contribution in [0.2, 0.25) is 5.02 Å². The van der Waals surface area contributed by atoms with Crippen molar-refractivity contribution in [1.29, 1.82) is 0 Å². The van der Waals surface area contributed by atoms with Gasteiger partial charge in [-0.2, -0.15) is 10.2 Å². The van der Waals surface area contributed by atoms with E-state index in [0.29, 0.717) is 28.2 Å². The summed E-state index contributed by atoms with van der Waals surface area (Å²) in [4.78, 5) is 0.0850. The van der Waals surface area contributed by atoms with Crippen LogP contribution in [0.4, 0.5) is 5.82 Å². The Kier molecular flexibility index (Phi) is 4.04. The van der Waals surface area contributed by atoms with Gasteiger partial charge in [0.05, 0.1) is 22.6 Å². The molecule has 0 saturated heterocycles. The molecule has 2 N–H and O–H groups in total. The molecule has 4 rings (SSSR count). The summed E-state index contributed by atoms with van der Waals surface area (Å²) in [6, 6.07) is 8.88. The van der Waals surface area contributed by atoms with Crippen LogP contribution in [-0.2, 0) is 10.0 Å². The molecule has 9 heteroatoms. The first-order chi connectivity index (χ1) is 12.4. The van der Waals surface area contributed by atoms with Gasteiger partial charge in [0.25, 0.3) is 10.0 Å². The maximum absolute atomic E-state index is 12.8. The van der Waals surface area contributed by atoms with E-state index in [4.69, 9.17) is 11.6 Å². The second-order valence-corrected chi connectivity index (χ2v) is 8.65. The third kappa shape index (κ3) is 2.99. The van der Waals surface area contributed by atoms with Crippen LogP contribution in [0.5, 0.6) is 0 Å². The molecule has 0 aliphatic heterocycles. The van der Waals surface area contributed by atoms with E-state index in [0.717, 1.165) is 12.1 Å². The summed E-state index contributed by atoms with van der Waals surface area (Å²) in [5.41, 5.74) is 2.05. The average molecular weight is 392 g/mol. The predicted molar refractivity (Wildman–Crippen MR) is 99.2 cm³/mol. The predicted octanol–water partition coefficient (Wildman–Crippen LogP) is 3.48. The summed E-state index contributed by atoms with van der Waals surface area (Å²) >= 11 is 6.19. The van der Waals surface area contributed by atoms with E-state index in [2.05, 4.69) is 26.9 Å². The Morgan fingerprint density at radius 2 is 2.08 bits per heavy atom. The van der Waals surface area contributed by atoms with Crippen molar-refractivity contribution in [2.24, 2.45) is 5.92 Å². The highest BCUT2D eigenvalue weighted by Gasteiger charge is 2.35. The van der Waals surface area contributed by atoms with Gasteiger partial charge in [0.15, 0.2) is 5.82 Å². The number of nitrogens with one attached hydrogen (secondary N) is 2. The molecule has 1 aliphatic rings. The molecule has 2 heterocycles. The Hall–Kier alpha value is -2.32. The van der Waals surface area contributed by atoms with Crippen LogP contribution in [0.1, 0.15) is 30.7 Å². The number of sulfonamides is 1. The zero-order chi connectivity index (χ0) is 18.5. The normalized spacial score (nSPS) is 19.5. The Morgan fingerprint density at radius 1 is 1.35 bits per heavy atom. The Labute approximate surface area is 156 Å². The minimum absolute atomic E-state index is 0.0850. The molecule has 0 bridgehead atoms. The average Bonchev–Trinajstić information content (AvgIpc) is 2.97. The van der Waals surface area contributed by atoms with Gasteiger partial charge in [0.2, 0.25) is 0 Å². The van der Waals surface area contributed by atoms with Gasteiger partial charge >= 0.3 is 0 Å². The number of hydrogen-bond donors (Lipinski definition) is 2.